The lowest BCUT2D eigenvalue weighted by atomic mass is 10.1. The lowest BCUT2D eigenvalue weighted by molar-refractivity contribution is 0.198. The molecule has 1 aromatic carbocycles. The first-order valence-electron chi connectivity index (χ1n) is 9.74. The van der Waals surface area contributed by atoms with Crippen molar-refractivity contribution in [2.75, 3.05) is 31.1 Å². The molecule has 0 bridgehead atoms. The quantitative estimate of drug-likeness (QED) is 0.548. The van der Waals surface area contributed by atoms with Crippen LogP contribution in [0.4, 0.5) is 10.1 Å². The third-order valence-electron chi connectivity index (χ3n) is 5.82. The van der Waals surface area contributed by atoms with E-state index in [2.05, 4.69) is 43.7 Å². The van der Waals surface area contributed by atoms with E-state index in [1.54, 1.807) is 13.1 Å². The molecule has 0 radical (unpaired) electrons. The normalized spacial score (nSPS) is 15.9. The van der Waals surface area contributed by atoms with Crippen LogP contribution in [-0.2, 0) is 7.05 Å². The van der Waals surface area contributed by atoms with Crippen molar-refractivity contribution in [3.63, 3.8) is 0 Å². The van der Waals surface area contributed by atoms with E-state index in [9.17, 15) is 14.4 Å². The van der Waals surface area contributed by atoms with Gasteiger partial charge in [0.1, 0.15) is 27.6 Å². The lowest BCUT2D eigenvalue weighted by Gasteiger charge is -2.39. The van der Waals surface area contributed by atoms with Crippen molar-refractivity contribution < 1.29 is 4.39 Å². The fourth-order valence-corrected chi connectivity index (χ4v) is 4.37. The zero-order chi connectivity index (χ0) is 21.4. The summed E-state index contributed by atoms with van der Waals surface area (Å²) in [5, 5.41) is 9.72. The van der Waals surface area contributed by atoms with Gasteiger partial charge < -0.3 is 9.47 Å². The number of hydrogen-bond donors (Lipinski definition) is 0. The molecule has 0 amide bonds. The van der Waals surface area contributed by atoms with E-state index < -0.39 is 0 Å². The van der Waals surface area contributed by atoms with Gasteiger partial charge in [0.05, 0.1) is 11.2 Å². The summed E-state index contributed by atoms with van der Waals surface area (Å²) in [7, 11) is 1.66. The van der Waals surface area contributed by atoms with Crippen molar-refractivity contribution in [3.8, 4) is 6.07 Å². The van der Waals surface area contributed by atoms with Crippen LogP contribution in [0.1, 0.15) is 24.1 Å². The molecule has 30 heavy (non-hydrogen) atoms. The van der Waals surface area contributed by atoms with E-state index in [1.807, 2.05) is 18.2 Å². The topological polar surface area (TPSA) is 65.2 Å². The van der Waals surface area contributed by atoms with Crippen LogP contribution in [0.2, 0.25) is 0 Å². The van der Waals surface area contributed by atoms with E-state index in [4.69, 9.17) is 0 Å². The van der Waals surface area contributed by atoms with Crippen molar-refractivity contribution >= 4 is 32.7 Å². The van der Waals surface area contributed by atoms with Crippen molar-refractivity contribution in [2.45, 2.75) is 13.0 Å². The molecule has 1 atom stereocenters. The predicted octanol–water partition coefficient (Wildman–Crippen LogP) is 3.59. The van der Waals surface area contributed by atoms with Crippen LogP contribution in [0.15, 0.2) is 45.8 Å². The number of anilines is 1. The molecule has 1 unspecified atom stereocenters. The second-order valence-electron chi connectivity index (χ2n) is 7.45. The average molecular weight is 470 g/mol. The van der Waals surface area contributed by atoms with E-state index in [0.717, 1.165) is 18.7 Å². The van der Waals surface area contributed by atoms with Gasteiger partial charge in [-0.05, 0) is 52.7 Å². The van der Waals surface area contributed by atoms with Gasteiger partial charge >= 0.3 is 0 Å². The fraction of sp³-hybridized carbons (Fsp3) is 0.318. The van der Waals surface area contributed by atoms with E-state index in [0.29, 0.717) is 34.4 Å². The van der Waals surface area contributed by atoms with E-state index in [-0.39, 0.29) is 23.0 Å². The third kappa shape index (κ3) is 3.59. The Morgan fingerprint density at radius 3 is 2.43 bits per heavy atom. The minimum absolute atomic E-state index is 0.121. The largest absolute Gasteiger partial charge is 0.366 e. The van der Waals surface area contributed by atoms with E-state index >= 15 is 0 Å². The Morgan fingerprint density at radius 2 is 1.80 bits per heavy atom. The van der Waals surface area contributed by atoms with Crippen molar-refractivity contribution in [3.05, 3.63) is 68.3 Å². The summed E-state index contributed by atoms with van der Waals surface area (Å²) in [4.78, 5) is 21.8. The monoisotopic (exact) mass is 469 g/mol. The highest BCUT2D eigenvalue weighted by Crippen LogP contribution is 2.30. The van der Waals surface area contributed by atoms with Gasteiger partial charge in [0.2, 0.25) is 0 Å². The number of benzene rings is 1. The minimum atomic E-state index is -0.314. The first kappa shape index (κ1) is 20.5. The molecule has 0 saturated carbocycles. The Balaban J connectivity index is 1.66. The van der Waals surface area contributed by atoms with Gasteiger partial charge in [-0.25, -0.2) is 9.37 Å². The predicted molar refractivity (Wildman–Crippen MR) is 118 cm³/mol. The van der Waals surface area contributed by atoms with Gasteiger partial charge in [0.25, 0.3) is 5.56 Å². The summed E-state index contributed by atoms with van der Waals surface area (Å²) in [6, 6.07) is 12.5. The molecule has 3 heterocycles. The van der Waals surface area contributed by atoms with Crippen LogP contribution in [0.5, 0.6) is 0 Å². The smallest absolute Gasteiger partial charge is 0.270 e. The zero-order valence-corrected chi connectivity index (χ0v) is 18.4. The average Bonchev–Trinajstić information content (AvgIpc) is 2.76. The van der Waals surface area contributed by atoms with Gasteiger partial charge in [0, 0.05) is 39.3 Å². The van der Waals surface area contributed by atoms with Crippen molar-refractivity contribution in [1.82, 2.24) is 14.5 Å². The third-order valence-corrected chi connectivity index (χ3v) is 6.27. The van der Waals surface area contributed by atoms with Gasteiger partial charge in [-0.15, -0.1) is 0 Å². The Labute approximate surface area is 182 Å². The van der Waals surface area contributed by atoms with Crippen molar-refractivity contribution in [1.29, 1.82) is 5.26 Å². The molecule has 3 aromatic rings. The second-order valence-corrected chi connectivity index (χ2v) is 8.26. The van der Waals surface area contributed by atoms with Crippen LogP contribution in [-0.4, -0.2) is 40.6 Å². The maximum atomic E-state index is 13.2. The van der Waals surface area contributed by atoms with Crippen molar-refractivity contribution in [2.24, 2.45) is 7.05 Å². The Kier molecular flexibility index (Phi) is 5.58. The first-order chi connectivity index (χ1) is 14.4. The fourth-order valence-electron chi connectivity index (χ4n) is 4.06. The van der Waals surface area contributed by atoms with Gasteiger partial charge in [-0.3, -0.25) is 9.69 Å². The molecule has 1 aliphatic heterocycles. The van der Waals surface area contributed by atoms with Crippen LogP contribution >= 0.6 is 15.9 Å². The molecule has 154 valence electrons. The molecular weight excluding hydrogens is 449 g/mol. The molecule has 0 spiro atoms. The number of halogens is 2. The maximum Gasteiger partial charge on any atom is 0.270 e. The second kappa shape index (κ2) is 8.17. The SMILES string of the molecule is CC(c1ccc(F)cc1)N1CCN(c2c(C#N)c(=O)n(C)c3ccc(Br)nc23)CC1. The Morgan fingerprint density at radius 1 is 1.13 bits per heavy atom. The Hall–Kier alpha value is -2.76. The number of nitrogens with zero attached hydrogens (tertiary/aromatic N) is 5. The summed E-state index contributed by atoms with van der Waals surface area (Å²) in [6.45, 7) is 4.95. The number of aryl methyl sites for hydroxylation is 1. The number of fused-ring (bicyclic) bond motifs is 1. The van der Waals surface area contributed by atoms with Crippen LogP contribution in [0.25, 0.3) is 11.0 Å². The molecule has 4 rings (SSSR count). The number of hydrogen-bond acceptors (Lipinski definition) is 5. The molecule has 1 fully saturated rings. The number of rotatable bonds is 3. The minimum Gasteiger partial charge on any atom is -0.366 e. The molecule has 2 aromatic heterocycles. The highest BCUT2D eigenvalue weighted by Gasteiger charge is 2.27. The number of aromatic nitrogens is 2. The van der Waals surface area contributed by atoms with E-state index in [1.165, 1.54) is 16.7 Å². The molecule has 1 saturated heterocycles. The molecule has 0 aliphatic carbocycles. The summed E-state index contributed by atoms with van der Waals surface area (Å²) >= 11 is 3.40. The molecule has 8 heteroatoms. The number of piperazine rings is 1. The summed E-state index contributed by atoms with van der Waals surface area (Å²) in [5.74, 6) is -0.240. The highest BCUT2D eigenvalue weighted by atomic mass is 79.9. The van der Waals surface area contributed by atoms with Crippen LogP contribution in [0.3, 0.4) is 0 Å². The molecular formula is C22H21BrFN5O. The summed E-state index contributed by atoms with van der Waals surface area (Å²) in [5.41, 5.74) is 2.81. The lowest BCUT2D eigenvalue weighted by Crippen LogP contribution is -2.48. The van der Waals surface area contributed by atoms with Crippen LogP contribution in [0, 0.1) is 17.1 Å². The highest BCUT2D eigenvalue weighted by molar-refractivity contribution is 9.10. The summed E-state index contributed by atoms with van der Waals surface area (Å²) in [6.07, 6.45) is 0. The molecule has 1 aliphatic rings. The van der Waals surface area contributed by atoms with Gasteiger partial charge in [-0.1, -0.05) is 12.1 Å². The standard InChI is InChI=1S/C22H21BrFN5O/c1-14(15-3-5-16(24)6-4-15)28-9-11-29(12-10-28)21-17(13-25)22(30)27(2)18-7-8-19(23)26-20(18)21/h3-8,14H,9-12H2,1-2H3. The molecule has 6 nitrogen and oxygen atoms in total. The molecule has 0 N–H and O–H groups in total. The maximum absolute atomic E-state index is 13.2. The van der Waals surface area contributed by atoms with Gasteiger partial charge in [-0.2, -0.15) is 5.26 Å². The number of nitriles is 1. The number of pyridine rings is 2. The van der Waals surface area contributed by atoms with Gasteiger partial charge in [0.15, 0.2) is 0 Å². The zero-order valence-electron chi connectivity index (χ0n) is 16.8. The Bertz CT molecular complexity index is 1190. The first-order valence-corrected chi connectivity index (χ1v) is 10.5. The van der Waals surface area contributed by atoms with Crippen LogP contribution < -0.4 is 10.5 Å². The summed E-state index contributed by atoms with van der Waals surface area (Å²) < 4.78 is 15.4.